The molecule has 118 valence electrons. The molecule has 7 nitrogen and oxygen atoms in total. The van der Waals surface area contributed by atoms with Crippen LogP contribution in [0.1, 0.15) is 0 Å². The third-order valence-electron chi connectivity index (χ3n) is 3.49. The lowest BCUT2D eigenvalue weighted by atomic mass is 10.1. The first-order valence-electron chi connectivity index (χ1n) is 6.97. The minimum Gasteiger partial charge on any atom is -0.443 e. The molecule has 0 fully saturated rings. The lowest BCUT2D eigenvalue weighted by molar-refractivity contribution is 0.602. The van der Waals surface area contributed by atoms with E-state index in [-0.39, 0.29) is 11.4 Å². The van der Waals surface area contributed by atoms with E-state index in [1.54, 1.807) is 30.5 Å². The van der Waals surface area contributed by atoms with Crippen molar-refractivity contribution in [3.63, 3.8) is 0 Å². The van der Waals surface area contributed by atoms with Crippen molar-refractivity contribution in [3.05, 3.63) is 64.5 Å². The Labute approximate surface area is 140 Å². The highest BCUT2D eigenvalue weighted by Crippen LogP contribution is 2.31. The molecule has 4 aromatic rings. The quantitative estimate of drug-likeness (QED) is 0.602. The van der Waals surface area contributed by atoms with Crippen molar-refractivity contribution in [2.24, 2.45) is 0 Å². The largest absolute Gasteiger partial charge is 0.443 e. The van der Waals surface area contributed by atoms with Crippen molar-refractivity contribution in [1.82, 2.24) is 19.5 Å². The van der Waals surface area contributed by atoms with Gasteiger partial charge in [-0.1, -0.05) is 17.7 Å². The number of pyridine rings is 1. The number of oxazole rings is 1. The van der Waals surface area contributed by atoms with Gasteiger partial charge in [0.2, 0.25) is 0 Å². The first kappa shape index (κ1) is 14.4. The van der Waals surface area contributed by atoms with Crippen LogP contribution >= 0.6 is 11.6 Å². The zero-order valence-electron chi connectivity index (χ0n) is 12.2. The summed E-state index contributed by atoms with van der Waals surface area (Å²) in [5.74, 6) is 0.520. The molecule has 0 aliphatic heterocycles. The Balaban J connectivity index is 2.01. The molecule has 0 saturated heterocycles. The zero-order chi connectivity index (χ0) is 16.7. The van der Waals surface area contributed by atoms with Crippen molar-refractivity contribution < 1.29 is 4.42 Å². The number of hydrogen-bond acceptors (Lipinski definition) is 6. The van der Waals surface area contributed by atoms with Gasteiger partial charge in [0.15, 0.2) is 17.8 Å². The average Bonchev–Trinajstić information content (AvgIpc) is 3.04. The van der Waals surface area contributed by atoms with Crippen molar-refractivity contribution in [1.29, 1.82) is 0 Å². The summed E-state index contributed by atoms with van der Waals surface area (Å²) in [6, 6.07) is 8.25. The van der Waals surface area contributed by atoms with Gasteiger partial charge in [-0.3, -0.25) is 9.36 Å². The van der Waals surface area contributed by atoms with Gasteiger partial charge in [0, 0.05) is 17.8 Å². The Bertz CT molecular complexity index is 1120. The van der Waals surface area contributed by atoms with E-state index >= 15 is 0 Å². The molecule has 8 heteroatoms. The second-order valence-electron chi connectivity index (χ2n) is 5.03. The lowest BCUT2D eigenvalue weighted by Crippen LogP contribution is -2.18. The molecule has 1 aromatic carbocycles. The number of hydrogen-bond donors (Lipinski definition) is 1. The maximum Gasteiger partial charge on any atom is 0.256 e. The van der Waals surface area contributed by atoms with E-state index in [1.807, 2.05) is 0 Å². The summed E-state index contributed by atoms with van der Waals surface area (Å²) in [5.41, 5.74) is 7.68. The molecule has 24 heavy (non-hydrogen) atoms. The molecule has 0 aliphatic rings. The maximum absolute atomic E-state index is 12.2. The zero-order valence-corrected chi connectivity index (χ0v) is 12.9. The van der Waals surface area contributed by atoms with E-state index in [1.165, 1.54) is 23.2 Å². The Morgan fingerprint density at radius 3 is 2.92 bits per heavy atom. The average molecular weight is 340 g/mol. The number of nitrogens with two attached hydrogens (primary N) is 1. The van der Waals surface area contributed by atoms with Crippen molar-refractivity contribution in [3.8, 4) is 17.1 Å². The number of fused-ring (bicyclic) bond motifs is 1. The molecule has 3 aromatic heterocycles. The van der Waals surface area contributed by atoms with Gasteiger partial charge in [-0.25, -0.2) is 15.0 Å². The molecule has 0 bridgehead atoms. The standard InChI is InChI=1S/C16H10ClN5O2/c17-10-5-9(6-11-15(10)20-8-24-11)14-16(21-12(18)7-19-14)22-4-2-1-3-13(22)23/h1-8H,(H2,18,21). The fourth-order valence-corrected chi connectivity index (χ4v) is 2.69. The van der Waals surface area contributed by atoms with Crippen LogP contribution in [0.15, 0.2) is 58.3 Å². The number of anilines is 1. The normalized spacial score (nSPS) is 11.0. The lowest BCUT2D eigenvalue weighted by Gasteiger charge is -2.11. The van der Waals surface area contributed by atoms with Gasteiger partial charge in [0.25, 0.3) is 5.56 Å². The molecular formula is C16H10ClN5O2. The van der Waals surface area contributed by atoms with Gasteiger partial charge < -0.3 is 10.2 Å². The summed E-state index contributed by atoms with van der Waals surface area (Å²) in [7, 11) is 0. The predicted molar refractivity (Wildman–Crippen MR) is 90.1 cm³/mol. The molecule has 0 amide bonds. The first-order valence-corrected chi connectivity index (χ1v) is 7.35. The van der Waals surface area contributed by atoms with E-state index < -0.39 is 0 Å². The van der Waals surface area contributed by atoms with Gasteiger partial charge in [0.05, 0.1) is 11.2 Å². The van der Waals surface area contributed by atoms with Crippen LogP contribution in [0, 0.1) is 0 Å². The molecular weight excluding hydrogens is 330 g/mol. The van der Waals surface area contributed by atoms with Crippen LogP contribution in [0.4, 0.5) is 5.82 Å². The summed E-state index contributed by atoms with van der Waals surface area (Å²) in [6.45, 7) is 0. The minimum atomic E-state index is -0.245. The second kappa shape index (κ2) is 5.47. The van der Waals surface area contributed by atoms with Crippen LogP contribution in [-0.4, -0.2) is 19.5 Å². The van der Waals surface area contributed by atoms with Crippen molar-refractivity contribution in [2.75, 3.05) is 5.73 Å². The Morgan fingerprint density at radius 1 is 1.21 bits per heavy atom. The number of aromatic nitrogens is 4. The maximum atomic E-state index is 12.2. The molecule has 0 spiro atoms. The number of nitrogens with zero attached hydrogens (tertiary/aromatic N) is 4. The van der Waals surface area contributed by atoms with E-state index in [0.29, 0.717) is 33.2 Å². The van der Waals surface area contributed by atoms with Crippen LogP contribution in [0.2, 0.25) is 5.02 Å². The van der Waals surface area contributed by atoms with E-state index in [2.05, 4.69) is 15.0 Å². The molecule has 0 atom stereocenters. The highest BCUT2D eigenvalue weighted by molar-refractivity contribution is 6.35. The Morgan fingerprint density at radius 2 is 2.08 bits per heavy atom. The topological polar surface area (TPSA) is 99.8 Å². The number of nitrogen functional groups attached to an aromatic ring is 1. The summed E-state index contributed by atoms with van der Waals surface area (Å²) >= 11 is 6.25. The summed E-state index contributed by atoms with van der Waals surface area (Å²) in [5, 5.41) is 0.418. The van der Waals surface area contributed by atoms with Crippen LogP contribution in [0.5, 0.6) is 0 Å². The van der Waals surface area contributed by atoms with Gasteiger partial charge in [-0.2, -0.15) is 0 Å². The predicted octanol–water partition coefficient (Wildman–Crippen LogP) is 2.67. The third-order valence-corrected chi connectivity index (χ3v) is 3.77. The van der Waals surface area contributed by atoms with E-state index in [4.69, 9.17) is 21.8 Å². The van der Waals surface area contributed by atoms with Crippen molar-refractivity contribution in [2.45, 2.75) is 0 Å². The van der Waals surface area contributed by atoms with E-state index in [9.17, 15) is 4.79 Å². The fraction of sp³-hybridized carbons (Fsp3) is 0. The monoisotopic (exact) mass is 339 g/mol. The molecule has 2 N–H and O–H groups in total. The van der Waals surface area contributed by atoms with E-state index in [0.717, 1.165) is 0 Å². The number of rotatable bonds is 2. The van der Waals surface area contributed by atoms with Crippen LogP contribution in [0.3, 0.4) is 0 Å². The first-order chi connectivity index (χ1) is 11.6. The molecule has 0 radical (unpaired) electrons. The summed E-state index contributed by atoms with van der Waals surface area (Å²) in [4.78, 5) is 24.8. The number of halogens is 1. The molecule has 0 saturated carbocycles. The molecule has 0 aliphatic carbocycles. The van der Waals surface area contributed by atoms with Crippen LogP contribution < -0.4 is 11.3 Å². The SMILES string of the molecule is Nc1cnc(-c2cc(Cl)c3ncoc3c2)c(-n2ccccc2=O)n1. The van der Waals surface area contributed by atoms with Crippen molar-refractivity contribution >= 4 is 28.5 Å². The Hall–Kier alpha value is -3.19. The molecule has 4 rings (SSSR count). The number of benzene rings is 1. The van der Waals surface area contributed by atoms with Gasteiger partial charge in [0.1, 0.15) is 17.0 Å². The third kappa shape index (κ3) is 2.31. The smallest absolute Gasteiger partial charge is 0.256 e. The molecule has 0 unspecified atom stereocenters. The van der Waals surface area contributed by atoms with Crippen LogP contribution in [-0.2, 0) is 0 Å². The van der Waals surface area contributed by atoms with Gasteiger partial charge in [-0.05, 0) is 18.2 Å². The summed E-state index contributed by atoms with van der Waals surface area (Å²) < 4.78 is 6.69. The highest BCUT2D eigenvalue weighted by atomic mass is 35.5. The Kier molecular flexibility index (Phi) is 3.28. The van der Waals surface area contributed by atoms with Gasteiger partial charge >= 0.3 is 0 Å². The second-order valence-corrected chi connectivity index (χ2v) is 5.44. The molecule has 3 heterocycles. The summed E-state index contributed by atoms with van der Waals surface area (Å²) in [6.07, 6.45) is 4.34. The van der Waals surface area contributed by atoms with Gasteiger partial charge in [-0.15, -0.1) is 0 Å². The fourth-order valence-electron chi connectivity index (χ4n) is 2.43. The highest BCUT2D eigenvalue weighted by Gasteiger charge is 2.15. The van der Waals surface area contributed by atoms with Crippen LogP contribution in [0.25, 0.3) is 28.2 Å². The minimum absolute atomic E-state index is 0.205.